The number of rotatable bonds is 8. The minimum atomic E-state index is -6.72. The summed E-state index contributed by atoms with van der Waals surface area (Å²) in [4.78, 5) is 0. The van der Waals surface area contributed by atoms with Gasteiger partial charge >= 0.3 is 19.8 Å². The fourth-order valence-corrected chi connectivity index (χ4v) is 6.91. The summed E-state index contributed by atoms with van der Waals surface area (Å²) in [7, 11) is -10.8. The van der Waals surface area contributed by atoms with E-state index in [0.29, 0.717) is 6.04 Å². The van der Waals surface area contributed by atoms with Crippen LogP contribution in [0.1, 0.15) is 26.7 Å². The Labute approximate surface area is 178 Å². The van der Waals surface area contributed by atoms with Crippen molar-refractivity contribution in [3.63, 3.8) is 0 Å². The molecular weight excluding hydrogens is 502 g/mol. The molecule has 0 unspecified atom stereocenters. The normalized spacial score (nSPS) is 18.1. The largest absolute Gasteiger partial charge is 0.558 e. The van der Waals surface area contributed by atoms with Crippen molar-refractivity contribution in [3.8, 4) is 0 Å². The summed E-state index contributed by atoms with van der Waals surface area (Å²) in [5.41, 5.74) is -12.4. The first kappa shape index (κ1) is 30.5. The molecule has 0 aromatic heterocycles. The Morgan fingerprint density at radius 1 is 0.839 bits per heavy atom. The second-order valence-corrected chi connectivity index (χ2v) is 13.2. The van der Waals surface area contributed by atoms with Crippen LogP contribution in [0.5, 0.6) is 0 Å². The lowest BCUT2D eigenvalue weighted by atomic mass is 10.3. The van der Waals surface area contributed by atoms with Crippen LogP contribution in [0.15, 0.2) is 0 Å². The first-order valence-corrected chi connectivity index (χ1v) is 13.4. The van der Waals surface area contributed by atoms with E-state index in [1.54, 1.807) is 21.3 Å². The van der Waals surface area contributed by atoms with Gasteiger partial charge in [-0.2, -0.15) is 26.3 Å². The van der Waals surface area contributed by atoms with Crippen LogP contribution < -0.4 is 0 Å². The number of alkyl halides is 6. The predicted octanol–water partition coefficient (Wildman–Crippen LogP) is 2.48. The number of nitrogens with zero attached hydrogens (tertiary/aromatic N) is 2. The van der Waals surface area contributed by atoms with Gasteiger partial charge in [-0.05, 0) is 13.8 Å². The zero-order valence-electron chi connectivity index (χ0n) is 17.4. The SMILES string of the molecule is CO[Si](C[N+]1(C(C)C)CCCC1)(OC)OC.O=S(=O)([N-]S(=O)(=O)C(F)(F)F)C(F)(F)F. The summed E-state index contributed by atoms with van der Waals surface area (Å²) in [6, 6.07) is 0.606. The van der Waals surface area contributed by atoms with Crippen molar-refractivity contribution in [2.24, 2.45) is 0 Å². The molecule has 18 heteroatoms. The molecule has 0 aromatic rings. The molecule has 188 valence electrons. The topological polar surface area (TPSA) is 110 Å². The number of hydrogen-bond donors (Lipinski definition) is 0. The Kier molecular flexibility index (Phi) is 10.4. The molecule has 0 N–H and O–H groups in total. The molecule has 0 spiro atoms. The van der Waals surface area contributed by atoms with Gasteiger partial charge in [0.1, 0.15) is 6.17 Å². The van der Waals surface area contributed by atoms with Gasteiger partial charge in [0.15, 0.2) is 20.0 Å². The molecule has 0 aliphatic carbocycles. The zero-order chi connectivity index (χ0) is 24.9. The highest BCUT2D eigenvalue weighted by Gasteiger charge is 2.51. The zero-order valence-corrected chi connectivity index (χ0v) is 20.1. The van der Waals surface area contributed by atoms with Gasteiger partial charge in [0.2, 0.25) is 0 Å². The third-order valence-electron chi connectivity index (χ3n) is 4.78. The molecule has 1 aliphatic heterocycles. The van der Waals surface area contributed by atoms with E-state index in [9.17, 15) is 43.2 Å². The van der Waals surface area contributed by atoms with E-state index < -0.39 is 39.9 Å². The second-order valence-electron chi connectivity index (χ2n) is 6.84. The summed E-state index contributed by atoms with van der Waals surface area (Å²) >= 11 is 0. The number of likely N-dealkylation sites (tertiary alicyclic amines) is 1. The Balaban J connectivity index is 0.000000582. The fourth-order valence-electron chi connectivity index (χ4n) is 2.87. The maximum Gasteiger partial charge on any atom is 0.558 e. The van der Waals surface area contributed by atoms with Crippen molar-refractivity contribution in [1.82, 2.24) is 0 Å². The Hall–Kier alpha value is -0.503. The van der Waals surface area contributed by atoms with E-state index in [1.807, 2.05) is 0 Å². The third kappa shape index (κ3) is 7.79. The van der Waals surface area contributed by atoms with E-state index in [4.69, 9.17) is 13.3 Å². The summed E-state index contributed by atoms with van der Waals surface area (Å²) < 4.78 is 127. The van der Waals surface area contributed by atoms with Crippen LogP contribution in [-0.2, 0) is 33.3 Å². The monoisotopic (exact) mass is 528 g/mol. The molecule has 0 amide bonds. The van der Waals surface area contributed by atoms with Crippen LogP contribution in [0.4, 0.5) is 26.3 Å². The highest BCUT2D eigenvalue weighted by molar-refractivity contribution is 8.13. The van der Waals surface area contributed by atoms with Gasteiger partial charge in [-0.3, -0.25) is 0 Å². The van der Waals surface area contributed by atoms with Crippen LogP contribution in [0, 0.1) is 0 Å². The number of hydrogen-bond acceptors (Lipinski definition) is 7. The first-order valence-electron chi connectivity index (χ1n) is 8.63. The lowest BCUT2D eigenvalue weighted by Crippen LogP contribution is -2.63. The molecule has 0 saturated carbocycles. The Morgan fingerprint density at radius 3 is 1.39 bits per heavy atom. The summed E-state index contributed by atoms with van der Waals surface area (Å²) in [5.74, 6) is 0. The molecule has 1 fully saturated rings. The lowest BCUT2D eigenvalue weighted by Gasteiger charge is -2.42. The average molecular weight is 529 g/mol. The summed E-state index contributed by atoms with van der Waals surface area (Å²) in [5, 5.41) is 0. The van der Waals surface area contributed by atoms with Crippen molar-refractivity contribution in [2.75, 3.05) is 40.6 Å². The number of sulfonamides is 2. The van der Waals surface area contributed by atoms with Crippen molar-refractivity contribution in [1.29, 1.82) is 0 Å². The molecule has 0 aromatic carbocycles. The van der Waals surface area contributed by atoms with E-state index in [2.05, 4.69) is 13.8 Å². The molecule has 9 nitrogen and oxygen atoms in total. The lowest BCUT2D eigenvalue weighted by molar-refractivity contribution is -0.929. The van der Waals surface area contributed by atoms with Gasteiger partial charge in [-0.25, -0.2) is 16.8 Å². The van der Waals surface area contributed by atoms with E-state index in [0.717, 1.165) is 14.8 Å². The third-order valence-corrected chi connectivity index (χ3v) is 10.4. The van der Waals surface area contributed by atoms with Crippen molar-refractivity contribution in [3.05, 3.63) is 4.13 Å². The minimum Gasteiger partial charge on any atom is -0.421 e. The van der Waals surface area contributed by atoms with Crippen LogP contribution in [0.2, 0.25) is 0 Å². The molecule has 0 bridgehead atoms. The van der Waals surface area contributed by atoms with Crippen LogP contribution in [-0.4, -0.2) is 87.8 Å². The van der Waals surface area contributed by atoms with Gasteiger partial charge in [0.05, 0.1) is 19.1 Å². The van der Waals surface area contributed by atoms with Gasteiger partial charge < -0.3 is 21.9 Å². The van der Waals surface area contributed by atoms with E-state index in [-0.39, 0.29) is 0 Å². The molecule has 1 aliphatic rings. The van der Waals surface area contributed by atoms with Gasteiger partial charge in [-0.1, -0.05) is 0 Å². The highest BCUT2D eigenvalue weighted by Crippen LogP contribution is 2.36. The van der Waals surface area contributed by atoms with Gasteiger partial charge in [0, 0.05) is 34.2 Å². The average Bonchev–Trinajstić information content (AvgIpc) is 3.07. The Morgan fingerprint density at radius 2 is 1.16 bits per heavy atom. The predicted molar refractivity (Wildman–Crippen MR) is 99.3 cm³/mol. The fraction of sp³-hybridized carbons (Fsp3) is 1.00. The maximum absolute atomic E-state index is 11.4. The Bertz CT molecular complexity index is 727. The molecule has 1 heterocycles. The smallest absolute Gasteiger partial charge is 0.421 e. The molecule has 1 saturated heterocycles. The van der Waals surface area contributed by atoms with Crippen LogP contribution in [0.25, 0.3) is 4.13 Å². The van der Waals surface area contributed by atoms with Crippen LogP contribution >= 0.6 is 0 Å². The standard InChI is InChI=1S/C11H26NO3Si.C2F6NO4S2/c1-11(2)12(8-6-7-9-12)10-16(13-3,14-4)15-5;3-1(4,5)14(10,11)9-15(12,13)2(6,7)8/h11H,6-10H2,1-5H3;/q+1;-1. The van der Waals surface area contributed by atoms with Crippen molar-refractivity contribution >= 4 is 28.9 Å². The van der Waals surface area contributed by atoms with E-state index in [1.165, 1.54) is 25.9 Å². The van der Waals surface area contributed by atoms with E-state index >= 15 is 0 Å². The maximum atomic E-state index is 11.4. The summed E-state index contributed by atoms with van der Waals surface area (Å²) in [6.07, 6.45) is 3.51. The number of quaternary nitrogens is 1. The van der Waals surface area contributed by atoms with Gasteiger partial charge in [0.25, 0.3) is 0 Å². The molecule has 0 radical (unpaired) electrons. The summed E-state index contributed by atoms with van der Waals surface area (Å²) in [6.45, 7) is 7.02. The first-order chi connectivity index (χ1) is 13.7. The van der Waals surface area contributed by atoms with Crippen molar-refractivity contribution in [2.45, 2.75) is 43.7 Å². The molecular formula is C13H26F6N2O7S2Si. The van der Waals surface area contributed by atoms with Crippen molar-refractivity contribution < 1.29 is 60.9 Å². The minimum absolute atomic E-state index is 0.606. The van der Waals surface area contributed by atoms with Gasteiger partial charge in [-0.15, -0.1) is 0 Å². The molecule has 31 heavy (non-hydrogen) atoms. The quantitative estimate of drug-likeness (QED) is 0.270. The number of halogens is 6. The highest BCUT2D eigenvalue weighted by atomic mass is 32.3. The second kappa shape index (κ2) is 10.6. The van der Waals surface area contributed by atoms with Crippen LogP contribution in [0.3, 0.4) is 0 Å². The molecule has 1 rings (SSSR count). The molecule has 0 atom stereocenters.